The molecule has 1 heteroatoms. The molecule has 1 aromatic carbocycles. The molecule has 0 N–H and O–H groups in total. The SMILES string of the molecule is C#C/C=C\c1ccc(OC)cc1. The zero-order chi connectivity index (χ0) is 8.81. The smallest absolute Gasteiger partial charge is 0.118 e. The minimum Gasteiger partial charge on any atom is -0.497 e. The van der Waals surface area contributed by atoms with Crippen LogP contribution in [0, 0.1) is 12.3 Å². The van der Waals surface area contributed by atoms with Crippen LogP contribution < -0.4 is 4.74 Å². The minimum absolute atomic E-state index is 0.854. The Hall–Kier alpha value is -1.68. The van der Waals surface area contributed by atoms with Crippen molar-refractivity contribution in [3.63, 3.8) is 0 Å². The van der Waals surface area contributed by atoms with Gasteiger partial charge in [-0.15, -0.1) is 6.42 Å². The van der Waals surface area contributed by atoms with Crippen LogP contribution in [0.2, 0.25) is 0 Å². The molecule has 0 amide bonds. The summed E-state index contributed by atoms with van der Waals surface area (Å²) in [6, 6.07) is 7.70. The molecular formula is C11H10O. The number of allylic oxidation sites excluding steroid dienone is 1. The molecule has 1 rings (SSSR count). The van der Waals surface area contributed by atoms with Crippen molar-refractivity contribution in [2.45, 2.75) is 0 Å². The third-order valence-corrected chi connectivity index (χ3v) is 1.49. The second-order valence-electron chi connectivity index (χ2n) is 2.27. The first-order chi connectivity index (χ1) is 5.86. The van der Waals surface area contributed by atoms with Crippen LogP contribution in [0.15, 0.2) is 30.3 Å². The Labute approximate surface area is 72.7 Å². The van der Waals surface area contributed by atoms with Crippen LogP contribution >= 0.6 is 0 Å². The lowest BCUT2D eigenvalue weighted by atomic mass is 10.2. The predicted molar refractivity (Wildman–Crippen MR) is 50.9 cm³/mol. The molecular weight excluding hydrogens is 148 g/mol. The number of hydrogen-bond acceptors (Lipinski definition) is 1. The first-order valence-electron chi connectivity index (χ1n) is 3.63. The molecule has 0 saturated carbocycles. The van der Waals surface area contributed by atoms with Crippen LogP contribution in [-0.2, 0) is 0 Å². The Morgan fingerprint density at radius 1 is 1.33 bits per heavy atom. The molecule has 1 aromatic rings. The van der Waals surface area contributed by atoms with E-state index in [0.717, 1.165) is 11.3 Å². The van der Waals surface area contributed by atoms with Gasteiger partial charge in [-0.1, -0.05) is 18.1 Å². The van der Waals surface area contributed by atoms with E-state index in [1.165, 1.54) is 0 Å². The molecule has 0 aliphatic rings. The van der Waals surface area contributed by atoms with Gasteiger partial charge >= 0.3 is 0 Å². The van der Waals surface area contributed by atoms with Crippen molar-refractivity contribution in [3.05, 3.63) is 35.9 Å². The lowest BCUT2D eigenvalue weighted by Crippen LogP contribution is -1.81. The second-order valence-corrected chi connectivity index (χ2v) is 2.27. The molecule has 0 aliphatic carbocycles. The first kappa shape index (κ1) is 8.42. The third-order valence-electron chi connectivity index (χ3n) is 1.49. The Kier molecular flexibility index (Phi) is 2.98. The third kappa shape index (κ3) is 2.17. The molecule has 60 valence electrons. The zero-order valence-corrected chi connectivity index (χ0v) is 6.95. The summed E-state index contributed by atoms with van der Waals surface area (Å²) in [5.41, 5.74) is 1.08. The molecule has 0 bridgehead atoms. The lowest BCUT2D eigenvalue weighted by molar-refractivity contribution is 0.415. The molecule has 0 aliphatic heterocycles. The molecule has 0 aromatic heterocycles. The van der Waals surface area contributed by atoms with Crippen LogP contribution in [0.25, 0.3) is 6.08 Å². The van der Waals surface area contributed by atoms with Crippen molar-refractivity contribution in [1.29, 1.82) is 0 Å². The van der Waals surface area contributed by atoms with E-state index < -0.39 is 0 Å². The minimum atomic E-state index is 0.854. The van der Waals surface area contributed by atoms with E-state index in [2.05, 4.69) is 5.92 Å². The second kappa shape index (κ2) is 4.25. The van der Waals surface area contributed by atoms with Crippen molar-refractivity contribution in [3.8, 4) is 18.1 Å². The largest absolute Gasteiger partial charge is 0.497 e. The van der Waals surface area contributed by atoms with Gasteiger partial charge in [-0.2, -0.15) is 0 Å². The Balaban J connectivity index is 2.79. The summed E-state index contributed by atoms with van der Waals surface area (Å²) in [6.07, 6.45) is 8.61. The zero-order valence-electron chi connectivity index (χ0n) is 6.95. The maximum atomic E-state index is 5.07. The first-order valence-corrected chi connectivity index (χ1v) is 3.63. The van der Waals surface area contributed by atoms with Gasteiger partial charge in [0.05, 0.1) is 7.11 Å². The van der Waals surface area contributed by atoms with Crippen LogP contribution in [-0.4, -0.2) is 7.11 Å². The van der Waals surface area contributed by atoms with E-state index >= 15 is 0 Å². The topological polar surface area (TPSA) is 9.23 Å². The van der Waals surface area contributed by atoms with Crippen molar-refractivity contribution in [2.24, 2.45) is 0 Å². The highest BCUT2D eigenvalue weighted by atomic mass is 16.5. The van der Waals surface area contributed by atoms with E-state index in [-0.39, 0.29) is 0 Å². The number of terminal acetylenes is 1. The maximum Gasteiger partial charge on any atom is 0.118 e. The summed E-state index contributed by atoms with van der Waals surface area (Å²) in [5.74, 6) is 3.29. The van der Waals surface area contributed by atoms with Gasteiger partial charge in [0.25, 0.3) is 0 Å². The Morgan fingerprint density at radius 3 is 2.50 bits per heavy atom. The number of ether oxygens (including phenoxy) is 1. The van der Waals surface area contributed by atoms with Crippen molar-refractivity contribution >= 4 is 6.08 Å². The number of methoxy groups -OCH3 is 1. The summed E-state index contributed by atoms with van der Waals surface area (Å²) in [4.78, 5) is 0. The summed E-state index contributed by atoms with van der Waals surface area (Å²) in [5, 5.41) is 0. The molecule has 0 radical (unpaired) electrons. The fourth-order valence-electron chi connectivity index (χ4n) is 0.859. The van der Waals surface area contributed by atoms with E-state index in [1.54, 1.807) is 13.2 Å². The average molecular weight is 158 g/mol. The average Bonchev–Trinajstić information content (AvgIpc) is 2.15. The van der Waals surface area contributed by atoms with Gasteiger partial charge in [0, 0.05) is 0 Å². The van der Waals surface area contributed by atoms with E-state index in [0.29, 0.717) is 0 Å². The highest BCUT2D eigenvalue weighted by Crippen LogP contribution is 2.11. The number of hydrogen-bond donors (Lipinski definition) is 0. The molecule has 1 nitrogen and oxygen atoms in total. The van der Waals surface area contributed by atoms with E-state index in [4.69, 9.17) is 11.2 Å². The molecule has 0 spiro atoms. The van der Waals surface area contributed by atoms with Crippen LogP contribution in [0.4, 0.5) is 0 Å². The quantitative estimate of drug-likeness (QED) is 0.600. The van der Waals surface area contributed by atoms with Crippen LogP contribution in [0.5, 0.6) is 5.75 Å². The molecule has 0 unspecified atom stereocenters. The predicted octanol–water partition coefficient (Wildman–Crippen LogP) is 2.34. The normalized spacial score (nSPS) is 9.67. The van der Waals surface area contributed by atoms with Crippen LogP contribution in [0.3, 0.4) is 0 Å². The van der Waals surface area contributed by atoms with Crippen molar-refractivity contribution < 1.29 is 4.74 Å². The van der Waals surface area contributed by atoms with Gasteiger partial charge in [-0.3, -0.25) is 0 Å². The summed E-state index contributed by atoms with van der Waals surface area (Å²) < 4.78 is 5.01. The lowest BCUT2D eigenvalue weighted by Gasteiger charge is -1.98. The summed E-state index contributed by atoms with van der Waals surface area (Å²) >= 11 is 0. The Morgan fingerprint density at radius 2 is 2.00 bits per heavy atom. The van der Waals surface area contributed by atoms with Gasteiger partial charge in [-0.25, -0.2) is 0 Å². The molecule has 0 heterocycles. The summed E-state index contributed by atoms with van der Waals surface area (Å²) in [7, 11) is 1.65. The number of benzene rings is 1. The van der Waals surface area contributed by atoms with Gasteiger partial charge < -0.3 is 4.74 Å². The van der Waals surface area contributed by atoms with Gasteiger partial charge in [0.1, 0.15) is 5.75 Å². The van der Waals surface area contributed by atoms with Crippen molar-refractivity contribution in [2.75, 3.05) is 7.11 Å². The van der Waals surface area contributed by atoms with Crippen molar-refractivity contribution in [1.82, 2.24) is 0 Å². The van der Waals surface area contributed by atoms with Gasteiger partial charge in [0.2, 0.25) is 0 Å². The highest BCUT2D eigenvalue weighted by molar-refractivity contribution is 5.53. The maximum absolute atomic E-state index is 5.07. The number of rotatable bonds is 2. The Bertz CT molecular complexity index is 301. The molecule has 12 heavy (non-hydrogen) atoms. The van der Waals surface area contributed by atoms with Crippen LogP contribution in [0.1, 0.15) is 5.56 Å². The molecule has 0 saturated heterocycles. The fraction of sp³-hybridized carbons (Fsp3) is 0.0909. The molecule has 0 atom stereocenters. The monoisotopic (exact) mass is 158 g/mol. The standard InChI is InChI=1S/C11H10O/c1-3-4-5-10-6-8-11(12-2)9-7-10/h1,4-9H,2H3/b5-4-. The fourth-order valence-corrected chi connectivity index (χ4v) is 0.859. The summed E-state index contributed by atoms with van der Waals surface area (Å²) in [6.45, 7) is 0. The van der Waals surface area contributed by atoms with E-state index in [9.17, 15) is 0 Å². The van der Waals surface area contributed by atoms with E-state index in [1.807, 2.05) is 30.3 Å². The van der Waals surface area contributed by atoms with Gasteiger partial charge in [-0.05, 0) is 29.8 Å². The van der Waals surface area contributed by atoms with Gasteiger partial charge in [0.15, 0.2) is 0 Å². The highest BCUT2D eigenvalue weighted by Gasteiger charge is 1.88. The molecule has 0 fully saturated rings.